The molecule has 164 valence electrons. The van der Waals surface area contributed by atoms with Crippen molar-refractivity contribution < 1.29 is 24.2 Å². The van der Waals surface area contributed by atoms with Crippen LogP contribution in [0.4, 0.5) is 0 Å². The Bertz CT molecular complexity index is 1160. The van der Waals surface area contributed by atoms with Crippen LogP contribution in [0.15, 0.2) is 76.9 Å². The fourth-order valence-electron chi connectivity index (χ4n) is 2.85. The van der Waals surface area contributed by atoms with Crippen molar-refractivity contribution in [3.63, 3.8) is 0 Å². The lowest BCUT2D eigenvalue weighted by molar-refractivity contribution is -0.132. The standard InChI is InChI=1S/C24H19BrINO5/c1-31-21-13-16(11-19(26)22(21)32-14-15-6-5-9-18(25)10-15)12-20(24(29)30)27-23(28)17-7-3-2-4-8-17/h2-13H,14H2,1H3,(H,27,28)(H,29,30). The van der Waals surface area contributed by atoms with Gasteiger partial charge in [0.05, 0.1) is 10.7 Å². The highest BCUT2D eigenvalue weighted by molar-refractivity contribution is 14.1. The molecule has 0 unspecified atom stereocenters. The summed E-state index contributed by atoms with van der Waals surface area (Å²) in [7, 11) is 1.51. The minimum atomic E-state index is -1.25. The van der Waals surface area contributed by atoms with Crippen LogP contribution in [0.25, 0.3) is 6.08 Å². The molecule has 6 nitrogen and oxygen atoms in total. The van der Waals surface area contributed by atoms with Gasteiger partial charge in [0.25, 0.3) is 5.91 Å². The van der Waals surface area contributed by atoms with Crippen LogP contribution in [0, 0.1) is 3.57 Å². The van der Waals surface area contributed by atoms with Crippen molar-refractivity contribution >= 4 is 56.5 Å². The SMILES string of the molecule is COc1cc(C=C(NC(=O)c2ccccc2)C(=O)O)cc(I)c1OCc1cccc(Br)c1. The van der Waals surface area contributed by atoms with Gasteiger partial charge in [-0.05, 0) is 76.2 Å². The normalized spacial score (nSPS) is 11.0. The Morgan fingerprint density at radius 2 is 1.84 bits per heavy atom. The number of hydrogen-bond acceptors (Lipinski definition) is 4. The van der Waals surface area contributed by atoms with Crippen LogP contribution in [-0.4, -0.2) is 24.1 Å². The Morgan fingerprint density at radius 3 is 2.50 bits per heavy atom. The molecule has 3 rings (SSSR count). The van der Waals surface area contributed by atoms with E-state index in [1.54, 1.807) is 42.5 Å². The van der Waals surface area contributed by atoms with E-state index in [0.29, 0.717) is 29.2 Å². The lowest BCUT2D eigenvalue weighted by atomic mass is 10.1. The first-order valence-corrected chi connectivity index (χ1v) is 11.3. The van der Waals surface area contributed by atoms with Crippen molar-refractivity contribution in [2.24, 2.45) is 0 Å². The number of carboxylic acid groups (broad SMARTS) is 1. The van der Waals surface area contributed by atoms with Gasteiger partial charge in [-0.25, -0.2) is 4.79 Å². The highest BCUT2D eigenvalue weighted by atomic mass is 127. The Kier molecular flexibility index (Phi) is 8.29. The maximum Gasteiger partial charge on any atom is 0.352 e. The smallest absolute Gasteiger partial charge is 0.352 e. The molecule has 2 N–H and O–H groups in total. The molecular formula is C24H19BrINO5. The van der Waals surface area contributed by atoms with E-state index in [9.17, 15) is 14.7 Å². The maximum atomic E-state index is 12.4. The number of halogens is 2. The number of hydrogen-bond donors (Lipinski definition) is 2. The van der Waals surface area contributed by atoms with E-state index in [1.807, 2.05) is 24.3 Å². The summed E-state index contributed by atoms with van der Waals surface area (Å²) in [4.78, 5) is 24.1. The first-order chi connectivity index (χ1) is 15.4. The van der Waals surface area contributed by atoms with Crippen LogP contribution < -0.4 is 14.8 Å². The molecule has 0 bridgehead atoms. The second-order valence-corrected chi connectivity index (χ2v) is 8.71. The van der Waals surface area contributed by atoms with Crippen LogP contribution in [0.3, 0.4) is 0 Å². The highest BCUT2D eigenvalue weighted by Gasteiger charge is 2.16. The van der Waals surface area contributed by atoms with E-state index in [1.165, 1.54) is 13.2 Å². The molecule has 0 heterocycles. The third-order valence-corrected chi connectivity index (χ3v) is 5.64. The van der Waals surface area contributed by atoms with Gasteiger partial charge in [0.1, 0.15) is 12.3 Å². The van der Waals surface area contributed by atoms with Gasteiger partial charge < -0.3 is 19.9 Å². The molecule has 0 atom stereocenters. The zero-order chi connectivity index (χ0) is 23.1. The number of ether oxygens (including phenoxy) is 2. The number of amides is 1. The number of carbonyl (C=O) groups excluding carboxylic acids is 1. The Hall–Kier alpha value is -2.85. The molecule has 0 aliphatic heterocycles. The number of carboxylic acids is 1. The van der Waals surface area contributed by atoms with Gasteiger partial charge in [0.2, 0.25) is 0 Å². The van der Waals surface area contributed by atoms with Crippen molar-refractivity contribution in [2.75, 3.05) is 7.11 Å². The maximum absolute atomic E-state index is 12.4. The molecule has 3 aromatic carbocycles. The van der Waals surface area contributed by atoms with E-state index in [0.717, 1.165) is 13.6 Å². The van der Waals surface area contributed by atoms with Gasteiger partial charge in [-0.3, -0.25) is 4.79 Å². The third-order valence-electron chi connectivity index (χ3n) is 4.35. The van der Waals surface area contributed by atoms with E-state index >= 15 is 0 Å². The first kappa shape index (κ1) is 23.8. The Labute approximate surface area is 207 Å². The minimum absolute atomic E-state index is 0.250. The van der Waals surface area contributed by atoms with Gasteiger partial charge in [0, 0.05) is 10.0 Å². The summed E-state index contributed by atoms with van der Waals surface area (Å²) in [5, 5.41) is 12.0. The molecule has 0 aromatic heterocycles. The zero-order valence-corrected chi connectivity index (χ0v) is 20.7. The quantitative estimate of drug-likeness (QED) is 0.261. The van der Waals surface area contributed by atoms with Gasteiger partial charge in [-0.1, -0.05) is 46.3 Å². The molecule has 0 spiro atoms. The largest absolute Gasteiger partial charge is 0.493 e. The van der Waals surface area contributed by atoms with E-state index in [2.05, 4.69) is 43.8 Å². The van der Waals surface area contributed by atoms with Crippen molar-refractivity contribution in [1.82, 2.24) is 5.32 Å². The fourth-order valence-corrected chi connectivity index (χ4v) is 4.08. The molecule has 0 fully saturated rings. The first-order valence-electron chi connectivity index (χ1n) is 9.43. The average molecular weight is 608 g/mol. The molecular weight excluding hydrogens is 589 g/mol. The lowest BCUT2D eigenvalue weighted by Crippen LogP contribution is -2.27. The summed E-state index contributed by atoms with van der Waals surface area (Å²) in [6, 6.07) is 19.6. The molecule has 0 radical (unpaired) electrons. The highest BCUT2D eigenvalue weighted by Crippen LogP contribution is 2.35. The predicted molar refractivity (Wildman–Crippen MR) is 134 cm³/mol. The molecule has 8 heteroatoms. The van der Waals surface area contributed by atoms with Gasteiger partial charge in [-0.2, -0.15) is 0 Å². The Balaban J connectivity index is 1.84. The third kappa shape index (κ3) is 6.33. The number of nitrogens with one attached hydrogen (secondary N) is 1. The zero-order valence-electron chi connectivity index (χ0n) is 17.0. The van der Waals surface area contributed by atoms with Crippen LogP contribution in [0.5, 0.6) is 11.5 Å². The van der Waals surface area contributed by atoms with Crippen LogP contribution in [0.2, 0.25) is 0 Å². The lowest BCUT2D eigenvalue weighted by Gasteiger charge is -2.14. The average Bonchev–Trinajstić information content (AvgIpc) is 2.78. The number of aliphatic carboxylic acids is 1. The Morgan fingerprint density at radius 1 is 1.09 bits per heavy atom. The van der Waals surface area contributed by atoms with Crippen LogP contribution in [-0.2, 0) is 11.4 Å². The second-order valence-electron chi connectivity index (χ2n) is 6.64. The number of rotatable bonds is 8. The summed E-state index contributed by atoms with van der Waals surface area (Å²) in [5.41, 5.74) is 1.65. The van der Waals surface area contributed by atoms with E-state index in [-0.39, 0.29) is 5.70 Å². The van der Waals surface area contributed by atoms with E-state index in [4.69, 9.17) is 9.47 Å². The van der Waals surface area contributed by atoms with Crippen molar-refractivity contribution in [2.45, 2.75) is 6.61 Å². The fraction of sp³-hybridized carbons (Fsp3) is 0.0833. The summed E-state index contributed by atoms with van der Waals surface area (Å²) >= 11 is 5.55. The van der Waals surface area contributed by atoms with Gasteiger partial charge >= 0.3 is 5.97 Å². The molecule has 1 amide bonds. The van der Waals surface area contributed by atoms with Crippen molar-refractivity contribution in [1.29, 1.82) is 0 Å². The number of benzene rings is 3. The van der Waals surface area contributed by atoms with E-state index < -0.39 is 11.9 Å². The molecule has 0 aliphatic rings. The monoisotopic (exact) mass is 607 g/mol. The summed E-state index contributed by atoms with van der Waals surface area (Å²) in [6.07, 6.45) is 1.38. The topological polar surface area (TPSA) is 84.9 Å². The molecule has 0 aliphatic carbocycles. The summed E-state index contributed by atoms with van der Waals surface area (Å²) < 4.78 is 13.1. The summed E-state index contributed by atoms with van der Waals surface area (Å²) in [6.45, 7) is 0.342. The van der Waals surface area contributed by atoms with Gasteiger partial charge in [-0.15, -0.1) is 0 Å². The van der Waals surface area contributed by atoms with Crippen LogP contribution >= 0.6 is 38.5 Å². The minimum Gasteiger partial charge on any atom is -0.493 e. The van der Waals surface area contributed by atoms with Crippen LogP contribution in [0.1, 0.15) is 21.5 Å². The second kappa shape index (κ2) is 11.1. The summed E-state index contributed by atoms with van der Waals surface area (Å²) in [5.74, 6) is -0.749. The van der Waals surface area contributed by atoms with Gasteiger partial charge in [0.15, 0.2) is 11.5 Å². The molecule has 3 aromatic rings. The van der Waals surface area contributed by atoms with Crippen molar-refractivity contribution in [3.05, 3.63) is 97.2 Å². The molecule has 0 saturated heterocycles. The number of methoxy groups -OCH3 is 1. The molecule has 32 heavy (non-hydrogen) atoms. The molecule has 0 saturated carbocycles. The number of carbonyl (C=O) groups is 2. The van der Waals surface area contributed by atoms with Crippen molar-refractivity contribution in [3.8, 4) is 11.5 Å². The predicted octanol–water partition coefficient (Wildman–Crippen LogP) is 5.50.